The molecule has 1 aliphatic rings. The predicted molar refractivity (Wildman–Crippen MR) is 81.0 cm³/mol. The fourth-order valence-corrected chi connectivity index (χ4v) is 3.31. The number of rotatable bonds is 7. The molecule has 1 atom stereocenters. The van der Waals surface area contributed by atoms with Gasteiger partial charge < -0.3 is 10.4 Å². The normalized spacial score (nSPS) is 16.8. The van der Waals surface area contributed by atoms with Gasteiger partial charge in [-0.2, -0.15) is 0 Å². The molecular weight excluding hydrogens is 310 g/mol. The highest BCUT2D eigenvalue weighted by atomic mass is 79.9. The van der Waals surface area contributed by atoms with Crippen LogP contribution in [0.5, 0.6) is 0 Å². The number of hydrogen-bond acceptors (Lipinski definition) is 3. The SMILES string of the molecule is CC(CO)CSc1ccc(CNC2CC2)cc1Br. The summed E-state index contributed by atoms with van der Waals surface area (Å²) in [4.78, 5) is 1.26. The van der Waals surface area contributed by atoms with E-state index in [1.54, 1.807) is 11.8 Å². The molecule has 0 amide bonds. The van der Waals surface area contributed by atoms with Gasteiger partial charge in [-0.1, -0.05) is 13.0 Å². The highest BCUT2D eigenvalue weighted by Crippen LogP contribution is 2.30. The van der Waals surface area contributed by atoms with Gasteiger partial charge in [0.05, 0.1) is 0 Å². The molecule has 18 heavy (non-hydrogen) atoms. The Morgan fingerprint density at radius 2 is 2.28 bits per heavy atom. The van der Waals surface area contributed by atoms with E-state index in [9.17, 15) is 0 Å². The van der Waals surface area contributed by atoms with Gasteiger partial charge in [0.1, 0.15) is 0 Å². The van der Waals surface area contributed by atoms with Crippen molar-refractivity contribution in [2.45, 2.75) is 37.2 Å². The summed E-state index contributed by atoms with van der Waals surface area (Å²) in [5.74, 6) is 1.30. The lowest BCUT2D eigenvalue weighted by atomic mass is 10.2. The van der Waals surface area contributed by atoms with Crippen molar-refractivity contribution in [2.75, 3.05) is 12.4 Å². The van der Waals surface area contributed by atoms with Crippen molar-refractivity contribution in [3.63, 3.8) is 0 Å². The molecule has 2 nitrogen and oxygen atoms in total. The summed E-state index contributed by atoms with van der Waals surface area (Å²) < 4.78 is 1.16. The molecule has 4 heteroatoms. The van der Waals surface area contributed by atoms with Crippen LogP contribution in [0.4, 0.5) is 0 Å². The monoisotopic (exact) mass is 329 g/mol. The quantitative estimate of drug-likeness (QED) is 0.752. The second kappa shape index (κ2) is 6.94. The standard InChI is InChI=1S/C14H20BrNOS/c1-10(8-17)9-18-14-5-2-11(6-13(14)15)7-16-12-3-4-12/h2,5-6,10,12,16-17H,3-4,7-9H2,1H3. The number of aliphatic hydroxyl groups is 1. The van der Waals surface area contributed by atoms with Crippen LogP contribution in [-0.4, -0.2) is 23.5 Å². The lowest BCUT2D eigenvalue weighted by Crippen LogP contribution is -2.15. The summed E-state index contributed by atoms with van der Waals surface area (Å²) in [6.45, 7) is 3.28. The first-order valence-corrected chi connectivity index (χ1v) is 8.22. The molecule has 0 aliphatic heterocycles. The van der Waals surface area contributed by atoms with E-state index in [-0.39, 0.29) is 6.61 Å². The highest BCUT2D eigenvalue weighted by Gasteiger charge is 2.19. The Morgan fingerprint density at radius 1 is 1.50 bits per heavy atom. The molecule has 1 saturated carbocycles. The predicted octanol–water partition coefficient (Wildman–Crippen LogP) is 3.42. The van der Waals surface area contributed by atoms with Crippen molar-refractivity contribution in [3.8, 4) is 0 Å². The zero-order valence-corrected chi connectivity index (χ0v) is 13.1. The van der Waals surface area contributed by atoms with Gasteiger partial charge in [-0.3, -0.25) is 0 Å². The number of halogens is 1. The summed E-state index contributed by atoms with van der Waals surface area (Å²) in [5, 5.41) is 12.5. The van der Waals surface area contributed by atoms with E-state index in [1.807, 2.05) is 0 Å². The first kappa shape index (κ1) is 14.4. The van der Waals surface area contributed by atoms with Crippen LogP contribution in [0.2, 0.25) is 0 Å². The van der Waals surface area contributed by atoms with E-state index in [0.717, 1.165) is 22.8 Å². The van der Waals surface area contributed by atoms with Crippen LogP contribution in [0.3, 0.4) is 0 Å². The van der Waals surface area contributed by atoms with E-state index < -0.39 is 0 Å². The van der Waals surface area contributed by atoms with Crippen LogP contribution >= 0.6 is 27.7 Å². The van der Waals surface area contributed by atoms with Gasteiger partial charge in [-0.15, -0.1) is 11.8 Å². The van der Waals surface area contributed by atoms with Gasteiger partial charge >= 0.3 is 0 Å². The summed E-state index contributed by atoms with van der Waals surface area (Å²) in [5.41, 5.74) is 1.33. The van der Waals surface area contributed by atoms with Crippen molar-refractivity contribution >= 4 is 27.7 Å². The molecule has 2 N–H and O–H groups in total. The van der Waals surface area contributed by atoms with Gasteiger partial charge in [0.2, 0.25) is 0 Å². The summed E-state index contributed by atoms with van der Waals surface area (Å²) in [7, 11) is 0. The molecule has 1 aromatic carbocycles. The third-order valence-corrected chi connectivity index (χ3v) is 5.32. The molecule has 0 heterocycles. The molecule has 0 aromatic heterocycles. The van der Waals surface area contributed by atoms with Gasteiger partial charge in [0.15, 0.2) is 0 Å². The molecule has 100 valence electrons. The molecule has 0 radical (unpaired) electrons. The Labute approximate surface area is 122 Å². The maximum Gasteiger partial charge on any atom is 0.0464 e. The number of thioether (sulfide) groups is 1. The van der Waals surface area contributed by atoms with Crippen molar-refractivity contribution in [3.05, 3.63) is 28.2 Å². The van der Waals surface area contributed by atoms with Crippen molar-refractivity contribution < 1.29 is 5.11 Å². The Bertz CT molecular complexity index is 395. The maximum absolute atomic E-state index is 9.02. The Morgan fingerprint density at radius 3 is 2.89 bits per heavy atom. The largest absolute Gasteiger partial charge is 0.396 e. The molecular formula is C14H20BrNOS. The fourth-order valence-electron chi connectivity index (χ4n) is 1.61. The van der Waals surface area contributed by atoms with E-state index >= 15 is 0 Å². The first-order valence-electron chi connectivity index (χ1n) is 6.44. The Hall–Kier alpha value is -0.0300. The molecule has 1 aliphatic carbocycles. The molecule has 0 spiro atoms. The average molecular weight is 330 g/mol. The van der Waals surface area contributed by atoms with Crippen molar-refractivity contribution in [1.29, 1.82) is 0 Å². The minimum atomic E-state index is 0.258. The average Bonchev–Trinajstić information content (AvgIpc) is 3.18. The van der Waals surface area contributed by atoms with Gasteiger partial charge in [0.25, 0.3) is 0 Å². The molecule has 1 aromatic rings. The van der Waals surface area contributed by atoms with Gasteiger partial charge in [-0.25, -0.2) is 0 Å². The van der Waals surface area contributed by atoms with Crippen molar-refractivity contribution in [1.82, 2.24) is 5.32 Å². The van der Waals surface area contributed by atoms with Crippen LogP contribution < -0.4 is 5.32 Å². The van der Waals surface area contributed by atoms with Crippen LogP contribution in [0.15, 0.2) is 27.6 Å². The Balaban J connectivity index is 1.87. The van der Waals surface area contributed by atoms with Gasteiger partial charge in [0, 0.05) is 34.3 Å². The highest BCUT2D eigenvalue weighted by molar-refractivity contribution is 9.10. The minimum absolute atomic E-state index is 0.258. The maximum atomic E-state index is 9.02. The fraction of sp³-hybridized carbons (Fsp3) is 0.571. The van der Waals surface area contributed by atoms with E-state index in [4.69, 9.17) is 5.11 Å². The Kier molecular flexibility index (Phi) is 5.55. The van der Waals surface area contributed by atoms with E-state index in [1.165, 1.54) is 23.3 Å². The number of benzene rings is 1. The smallest absolute Gasteiger partial charge is 0.0464 e. The second-order valence-corrected chi connectivity index (χ2v) is 6.93. The third kappa shape index (κ3) is 4.57. The number of aliphatic hydroxyl groups excluding tert-OH is 1. The summed E-state index contributed by atoms with van der Waals surface area (Å²) in [6, 6.07) is 7.30. The van der Waals surface area contributed by atoms with Crippen LogP contribution in [0, 0.1) is 5.92 Å². The lowest BCUT2D eigenvalue weighted by Gasteiger charge is -2.10. The van der Waals surface area contributed by atoms with E-state index in [0.29, 0.717) is 5.92 Å². The third-order valence-electron chi connectivity index (χ3n) is 3.00. The van der Waals surface area contributed by atoms with Gasteiger partial charge in [-0.05, 0) is 52.4 Å². The first-order chi connectivity index (χ1) is 8.69. The molecule has 2 rings (SSSR count). The summed E-state index contributed by atoms with van der Waals surface area (Å²) in [6.07, 6.45) is 2.66. The molecule has 1 unspecified atom stereocenters. The minimum Gasteiger partial charge on any atom is -0.396 e. The van der Waals surface area contributed by atoms with Crippen LogP contribution in [0.25, 0.3) is 0 Å². The molecule has 1 fully saturated rings. The van der Waals surface area contributed by atoms with E-state index in [2.05, 4.69) is 46.4 Å². The number of nitrogens with one attached hydrogen (secondary N) is 1. The second-order valence-electron chi connectivity index (χ2n) is 5.02. The lowest BCUT2D eigenvalue weighted by molar-refractivity contribution is 0.250. The van der Waals surface area contributed by atoms with Crippen LogP contribution in [-0.2, 0) is 6.54 Å². The zero-order chi connectivity index (χ0) is 13.0. The molecule has 0 saturated heterocycles. The van der Waals surface area contributed by atoms with Crippen LogP contribution in [0.1, 0.15) is 25.3 Å². The zero-order valence-electron chi connectivity index (χ0n) is 10.7. The number of hydrogen-bond donors (Lipinski definition) is 2. The van der Waals surface area contributed by atoms with Crippen molar-refractivity contribution in [2.24, 2.45) is 5.92 Å². The summed E-state index contributed by atoms with van der Waals surface area (Å²) >= 11 is 5.43. The topological polar surface area (TPSA) is 32.3 Å². The molecule has 0 bridgehead atoms.